The third-order valence-electron chi connectivity index (χ3n) is 4.96. The zero-order chi connectivity index (χ0) is 22.5. The topological polar surface area (TPSA) is 125 Å². The van der Waals surface area contributed by atoms with E-state index in [4.69, 9.17) is 5.73 Å². The first kappa shape index (κ1) is 21.0. The van der Waals surface area contributed by atoms with Gasteiger partial charge >= 0.3 is 0 Å². The molecule has 0 fully saturated rings. The summed E-state index contributed by atoms with van der Waals surface area (Å²) in [7, 11) is 0. The van der Waals surface area contributed by atoms with E-state index in [2.05, 4.69) is 27.4 Å². The maximum atomic E-state index is 10.5. The molecule has 0 saturated carbocycles. The number of benzene rings is 2. The molecule has 0 aliphatic carbocycles. The van der Waals surface area contributed by atoms with E-state index in [0.717, 1.165) is 16.7 Å². The van der Waals surface area contributed by atoms with Crippen molar-refractivity contribution in [2.75, 3.05) is 17.7 Å². The summed E-state index contributed by atoms with van der Waals surface area (Å²) in [5, 5.41) is 33.0. The summed E-state index contributed by atoms with van der Waals surface area (Å²) in [4.78, 5) is 8.51. The summed E-state index contributed by atoms with van der Waals surface area (Å²) in [5.41, 5.74) is 9.48. The predicted octanol–water partition coefficient (Wildman–Crippen LogP) is 3.42. The second kappa shape index (κ2) is 9.25. The molecule has 0 aliphatic rings. The summed E-state index contributed by atoms with van der Waals surface area (Å²) in [5.74, 6) is 0.692. The Morgan fingerprint density at radius 1 is 0.969 bits per heavy atom. The Balaban J connectivity index is 1.63. The van der Waals surface area contributed by atoms with Crippen LogP contribution in [-0.2, 0) is 6.42 Å². The Hall–Kier alpha value is -4.28. The maximum Gasteiger partial charge on any atom is 0.222 e. The molecular formula is C25H22N4O3. The number of hydrogen-bond donors (Lipinski definition) is 5. The first-order valence-corrected chi connectivity index (χ1v) is 10.0. The van der Waals surface area contributed by atoms with Crippen molar-refractivity contribution >= 4 is 11.8 Å². The molecule has 0 radical (unpaired) electrons. The van der Waals surface area contributed by atoms with Crippen LogP contribution in [0.2, 0.25) is 0 Å². The number of nitrogens with zero attached hydrogens (tertiary/aromatic N) is 2. The SMILES string of the molecule is Nc1nc(NC(CO)Cc2c#cccc2)cc(-c2cc(-c3ccc(O)cc3)ccc2O)n1. The Kier molecular flexibility index (Phi) is 6.06. The lowest BCUT2D eigenvalue weighted by Gasteiger charge is -2.17. The fourth-order valence-electron chi connectivity index (χ4n) is 3.40. The Bertz CT molecular complexity index is 1200. The van der Waals surface area contributed by atoms with Crippen LogP contribution in [0.4, 0.5) is 11.8 Å². The molecule has 0 aliphatic heterocycles. The average Bonchev–Trinajstić information content (AvgIpc) is 2.80. The van der Waals surface area contributed by atoms with Gasteiger partial charge in [0.1, 0.15) is 17.3 Å². The zero-order valence-electron chi connectivity index (χ0n) is 17.2. The number of phenols is 2. The maximum absolute atomic E-state index is 10.5. The van der Waals surface area contributed by atoms with Crippen LogP contribution in [0, 0.1) is 12.1 Å². The van der Waals surface area contributed by atoms with Crippen molar-refractivity contribution in [1.82, 2.24) is 9.97 Å². The van der Waals surface area contributed by atoms with Crippen molar-refractivity contribution in [3.8, 4) is 33.9 Å². The van der Waals surface area contributed by atoms with Crippen LogP contribution in [0.15, 0.2) is 66.7 Å². The highest BCUT2D eigenvalue weighted by atomic mass is 16.3. The fourth-order valence-corrected chi connectivity index (χ4v) is 3.40. The molecule has 7 heteroatoms. The molecule has 3 aromatic carbocycles. The number of nitrogens with two attached hydrogens (primary N) is 1. The summed E-state index contributed by atoms with van der Waals surface area (Å²) in [6.45, 7) is -0.121. The number of nitrogens with one attached hydrogen (secondary N) is 1. The van der Waals surface area contributed by atoms with Gasteiger partial charge in [0.25, 0.3) is 0 Å². The van der Waals surface area contributed by atoms with Gasteiger partial charge in [0, 0.05) is 23.6 Å². The van der Waals surface area contributed by atoms with Gasteiger partial charge in [-0.15, -0.1) is 0 Å². The quantitative estimate of drug-likeness (QED) is 0.307. The Morgan fingerprint density at radius 2 is 1.75 bits per heavy atom. The molecule has 160 valence electrons. The molecule has 6 N–H and O–H groups in total. The van der Waals surface area contributed by atoms with Gasteiger partial charge < -0.3 is 26.4 Å². The number of aromatic nitrogens is 2. The van der Waals surface area contributed by atoms with Crippen LogP contribution in [0.1, 0.15) is 5.56 Å². The zero-order valence-corrected chi connectivity index (χ0v) is 17.2. The van der Waals surface area contributed by atoms with Gasteiger partial charge in [0.15, 0.2) is 0 Å². The Labute approximate surface area is 185 Å². The lowest BCUT2D eigenvalue weighted by Crippen LogP contribution is -2.27. The molecule has 1 heterocycles. The number of anilines is 2. The largest absolute Gasteiger partial charge is 0.508 e. The number of aromatic hydroxyl groups is 2. The molecular weight excluding hydrogens is 404 g/mol. The summed E-state index contributed by atoms with van der Waals surface area (Å²) in [6, 6.07) is 24.8. The van der Waals surface area contributed by atoms with Crippen molar-refractivity contribution in [3.63, 3.8) is 0 Å². The van der Waals surface area contributed by atoms with Crippen LogP contribution >= 0.6 is 0 Å². The van der Waals surface area contributed by atoms with Gasteiger partial charge in [0.05, 0.1) is 18.3 Å². The second-order valence-electron chi connectivity index (χ2n) is 7.32. The minimum Gasteiger partial charge on any atom is -0.508 e. The van der Waals surface area contributed by atoms with Crippen molar-refractivity contribution in [3.05, 3.63) is 84.4 Å². The van der Waals surface area contributed by atoms with Crippen molar-refractivity contribution in [2.24, 2.45) is 0 Å². The van der Waals surface area contributed by atoms with Crippen LogP contribution in [-0.4, -0.2) is 37.9 Å². The minimum absolute atomic E-state index is 0.0377. The van der Waals surface area contributed by atoms with E-state index in [9.17, 15) is 15.3 Å². The molecule has 4 aromatic rings. The average molecular weight is 426 g/mol. The van der Waals surface area contributed by atoms with Gasteiger partial charge in [0.2, 0.25) is 5.95 Å². The molecule has 0 bridgehead atoms. The molecule has 0 spiro atoms. The highest BCUT2D eigenvalue weighted by Gasteiger charge is 2.14. The van der Waals surface area contributed by atoms with Crippen LogP contribution < -0.4 is 11.1 Å². The first-order valence-electron chi connectivity index (χ1n) is 10.0. The number of aliphatic hydroxyl groups excluding tert-OH is 1. The van der Waals surface area contributed by atoms with Crippen molar-refractivity contribution in [1.29, 1.82) is 0 Å². The van der Waals surface area contributed by atoms with Crippen LogP contribution in [0.3, 0.4) is 0 Å². The Morgan fingerprint density at radius 3 is 2.47 bits per heavy atom. The van der Waals surface area contributed by atoms with Crippen molar-refractivity contribution in [2.45, 2.75) is 12.5 Å². The molecule has 1 unspecified atom stereocenters. The molecule has 1 atom stereocenters. The van der Waals surface area contributed by atoms with Gasteiger partial charge in [-0.1, -0.05) is 36.4 Å². The van der Waals surface area contributed by atoms with Gasteiger partial charge in [-0.05, 0) is 47.5 Å². The normalized spacial score (nSPS) is 11.5. The lowest BCUT2D eigenvalue weighted by molar-refractivity contribution is 0.273. The predicted molar refractivity (Wildman–Crippen MR) is 123 cm³/mol. The smallest absolute Gasteiger partial charge is 0.222 e. The van der Waals surface area contributed by atoms with Gasteiger partial charge in [-0.3, -0.25) is 0 Å². The number of aliphatic hydroxyl groups is 1. The third-order valence-corrected chi connectivity index (χ3v) is 4.96. The van der Waals surface area contributed by atoms with E-state index in [0.29, 0.717) is 23.5 Å². The number of nitrogen functional groups attached to an aromatic ring is 1. The van der Waals surface area contributed by atoms with Crippen molar-refractivity contribution < 1.29 is 15.3 Å². The molecule has 1 aromatic heterocycles. The molecule has 0 amide bonds. The second-order valence-corrected chi connectivity index (χ2v) is 7.32. The van der Waals surface area contributed by atoms with Crippen LogP contribution in [0.5, 0.6) is 11.5 Å². The highest BCUT2D eigenvalue weighted by molar-refractivity contribution is 5.77. The van der Waals surface area contributed by atoms with E-state index < -0.39 is 0 Å². The highest BCUT2D eigenvalue weighted by Crippen LogP contribution is 2.34. The van der Waals surface area contributed by atoms with E-state index in [1.54, 1.807) is 54.6 Å². The first-order chi connectivity index (χ1) is 15.5. The summed E-state index contributed by atoms with van der Waals surface area (Å²) >= 11 is 0. The molecule has 7 nitrogen and oxygen atoms in total. The monoisotopic (exact) mass is 426 g/mol. The van der Waals surface area contributed by atoms with Gasteiger partial charge in [-0.2, -0.15) is 4.98 Å². The fraction of sp³-hybridized carbons (Fsp3) is 0.120. The third kappa shape index (κ3) is 4.89. The summed E-state index contributed by atoms with van der Waals surface area (Å²) < 4.78 is 0. The molecule has 32 heavy (non-hydrogen) atoms. The minimum atomic E-state index is -0.318. The molecule has 0 saturated heterocycles. The standard InChI is InChI=1S/C25H22N4O3/c26-25-28-22(14-24(29-25)27-19(15-30)12-16-4-2-1-3-5-16)21-13-18(8-11-23(21)32)17-6-9-20(31)10-7-17/h1-2,4,6-11,13-14,19,30-32H,12,15H2,(H3,26,27,28,29). The molecule has 4 rings (SSSR count). The number of phenolic OH excluding ortho intramolecular Hbond substituents is 2. The number of rotatable bonds is 7. The van der Waals surface area contributed by atoms with E-state index in [-0.39, 0.29) is 30.1 Å². The van der Waals surface area contributed by atoms with E-state index in [1.165, 1.54) is 0 Å². The lowest BCUT2D eigenvalue weighted by atomic mass is 10.0. The van der Waals surface area contributed by atoms with Gasteiger partial charge in [-0.25, -0.2) is 4.98 Å². The van der Waals surface area contributed by atoms with E-state index >= 15 is 0 Å². The van der Waals surface area contributed by atoms with E-state index in [1.807, 2.05) is 12.1 Å². The van der Waals surface area contributed by atoms with Crippen LogP contribution in [0.25, 0.3) is 22.4 Å². The summed E-state index contributed by atoms with van der Waals surface area (Å²) in [6.07, 6.45) is 0.522. The number of hydrogen-bond acceptors (Lipinski definition) is 7.